The standard InChI is InChI=1S/C34H58N2O19/c1-2-4-23(40)36(17-39)55-24(41)6-3-5-18-7-9-35(10-8-18)11-12-49-32-27(44)20(52-34-31(48)29(46)26(43)22(15-38)54-34)13-19(51-32)16-50-33-30(47)28(45)25(42)21(14-37)53-33/h17-22,25-34,37-38,42-48H,2-16H2,1H3/t19?,20?,21?,22?,25-,26-,27?,28?,29?,30?,31?,32?,33+,34+/m1/s1. The smallest absolute Gasteiger partial charge is 0.333 e. The zero-order valence-corrected chi connectivity index (χ0v) is 30.8. The monoisotopic (exact) mass is 798 g/mol. The van der Waals surface area contributed by atoms with Gasteiger partial charge in [-0.1, -0.05) is 6.92 Å². The van der Waals surface area contributed by atoms with E-state index < -0.39 is 111 Å². The van der Waals surface area contributed by atoms with Crippen LogP contribution in [0, 0.1) is 5.92 Å². The van der Waals surface area contributed by atoms with Crippen LogP contribution in [0.1, 0.15) is 58.3 Å². The fourth-order valence-corrected chi connectivity index (χ4v) is 6.98. The molecule has 4 saturated heterocycles. The van der Waals surface area contributed by atoms with E-state index in [-0.39, 0.29) is 38.9 Å². The van der Waals surface area contributed by atoms with Crippen molar-refractivity contribution >= 4 is 18.3 Å². The van der Waals surface area contributed by atoms with Crippen LogP contribution in [-0.2, 0) is 47.6 Å². The molecular weight excluding hydrogens is 740 g/mol. The second kappa shape index (κ2) is 22.2. The van der Waals surface area contributed by atoms with E-state index in [1.165, 1.54) is 0 Å². The zero-order chi connectivity index (χ0) is 40.2. The SMILES string of the molecule is CCCC(=O)N(C=O)OC(=O)CCCC1CCN(CCOC2OC(CO[C@H]3OC(CO)[C@@H](O)C(O)C3O)CC(O[C@H]3OC(CO)[C@@H](O)C(O)C3O)C2O)CC1. The third-order valence-electron chi connectivity index (χ3n) is 10.3. The normalized spacial score (nSPS) is 37.7. The molecule has 9 N–H and O–H groups in total. The third-order valence-corrected chi connectivity index (χ3v) is 10.3. The van der Waals surface area contributed by atoms with Gasteiger partial charge < -0.3 is 84.1 Å². The Morgan fingerprint density at radius 3 is 1.98 bits per heavy atom. The number of piperidine rings is 1. The van der Waals surface area contributed by atoms with E-state index in [1.807, 2.05) is 0 Å². The van der Waals surface area contributed by atoms with Gasteiger partial charge in [-0.05, 0) is 51.1 Å². The Bertz CT molecular complexity index is 1180. The number of rotatable bonds is 18. The lowest BCUT2D eigenvalue weighted by atomic mass is 9.91. The Morgan fingerprint density at radius 2 is 1.38 bits per heavy atom. The highest BCUT2D eigenvalue weighted by Gasteiger charge is 2.49. The molecule has 4 fully saturated rings. The number of aliphatic hydroxyl groups excluding tert-OH is 9. The first-order chi connectivity index (χ1) is 26.3. The van der Waals surface area contributed by atoms with Crippen LogP contribution in [0.25, 0.3) is 0 Å². The third kappa shape index (κ3) is 12.5. The number of hydrogen-bond donors (Lipinski definition) is 9. The lowest BCUT2D eigenvalue weighted by Gasteiger charge is -2.45. The van der Waals surface area contributed by atoms with Gasteiger partial charge in [0.15, 0.2) is 18.9 Å². The summed E-state index contributed by atoms with van der Waals surface area (Å²) in [6, 6.07) is 0. The summed E-state index contributed by atoms with van der Waals surface area (Å²) < 4.78 is 34.3. The molecule has 21 heteroatoms. The molecule has 4 aliphatic rings. The molecule has 0 saturated carbocycles. The molecule has 0 radical (unpaired) electrons. The molecule has 0 aromatic heterocycles. The number of hydroxylamine groups is 2. The summed E-state index contributed by atoms with van der Waals surface area (Å²) in [6.45, 7) is 2.12. The molecule has 4 heterocycles. The Kier molecular flexibility index (Phi) is 18.4. The first-order valence-corrected chi connectivity index (χ1v) is 18.8. The molecule has 0 bridgehead atoms. The van der Waals surface area contributed by atoms with E-state index >= 15 is 0 Å². The quantitative estimate of drug-likeness (QED) is 0.0467. The molecule has 2 amide bonds. The van der Waals surface area contributed by atoms with Gasteiger partial charge in [-0.15, -0.1) is 5.06 Å². The predicted molar refractivity (Wildman–Crippen MR) is 181 cm³/mol. The van der Waals surface area contributed by atoms with Gasteiger partial charge in [0.2, 0.25) is 0 Å². The Labute approximate surface area is 318 Å². The Balaban J connectivity index is 1.27. The average molecular weight is 799 g/mol. The van der Waals surface area contributed by atoms with Crippen molar-refractivity contribution in [3.8, 4) is 0 Å². The van der Waals surface area contributed by atoms with Crippen molar-refractivity contribution in [2.24, 2.45) is 5.92 Å². The van der Waals surface area contributed by atoms with Crippen molar-refractivity contribution in [1.82, 2.24) is 9.96 Å². The van der Waals surface area contributed by atoms with Crippen LogP contribution >= 0.6 is 0 Å². The van der Waals surface area contributed by atoms with E-state index in [9.17, 15) is 60.3 Å². The molecule has 0 spiro atoms. The highest BCUT2D eigenvalue weighted by atomic mass is 16.7. The van der Waals surface area contributed by atoms with Crippen LogP contribution in [0.4, 0.5) is 0 Å². The van der Waals surface area contributed by atoms with Crippen LogP contribution in [0.5, 0.6) is 0 Å². The number of nitrogens with zero attached hydrogens (tertiary/aromatic N) is 2. The summed E-state index contributed by atoms with van der Waals surface area (Å²) in [4.78, 5) is 42.1. The highest BCUT2D eigenvalue weighted by Crippen LogP contribution is 2.31. The summed E-state index contributed by atoms with van der Waals surface area (Å²) >= 11 is 0. The van der Waals surface area contributed by atoms with Crippen molar-refractivity contribution in [3.63, 3.8) is 0 Å². The highest BCUT2D eigenvalue weighted by molar-refractivity contribution is 5.86. The number of amides is 2. The number of imide groups is 1. The van der Waals surface area contributed by atoms with E-state index in [0.717, 1.165) is 32.4 Å². The minimum absolute atomic E-state index is 0.0666. The average Bonchev–Trinajstić information content (AvgIpc) is 3.18. The van der Waals surface area contributed by atoms with Crippen molar-refractivity contribution in [2.45, 2.75) is 144 Å². The summed E-state index contributed by atoms with van der Waals surface area (Å²) in [5.74, 6) is -0.877. The maximum atomic E-state index is 12.1. The molecular formula is C34H58N2O19. The van der Waals surface area contributed by atoms with Gasteiger partial charge in [0, 0.05) is 25.8 Å². The maximum Gasteiger partial charge on any atom is 0.333 e. The molecule has 4 aliphatic heterocycles. The molecule has 21 nitrogen and oxygen atoms in total. The second-order valence-electron chi connectivity index (χ2n) is 14.3. The van der Waals surface area contributed by atoms with Crippen LogP contribution in [0.2, 0.25) is 0 Å². The topological polar surface area (TPSA) is 304 Å². The number of carbonyl (C=O) groups excluding carboxylic acids is 3. The van der Waals surface area contributed by atoms with Gasteiger partial charge in [0.25, 0.3) is 12.3 Å². The lowest BCUT2D eigenvalue weighted by Crippen LogP contribution is -2.62. The summed E-state index contributed by atoms with van der Waals surface area (Å²) in [7, 11) is 0. The van der Waals surface area contributed by atoms with Crippen LogP contribution in [-0.4, -0.2) is 206 Å². The van der Waals surface area contributed by atoms with E-state index in [4.69, 9.17) is 33.3 Å². The van der Waals surface area contributed by atoms with Gasteiger partial charge >= 0.3 is 5.97 Å². The maximum absolute atomic E-state index is 12.1. The van der Waals surface area contributed by atoms with Crippen LogP contribution in [0.15, 0.2) is 0 Å². The molecule has 0 aromatic rings. The van der Waals surface area contributed by atoms with Crippen LogP contribution < -0.4 is 0 Å². The molecule has 10 unspecified atom stereocenters. The van der Waals surface area contributed by atoms with Crippen molar-refractivity contribution in [1.29, 1.82) is 0 Å². The molecule has 0 aliphatic carbocycles. The molecule has 4 rings (SSSR count). The van der Waals surface area contributed by atoms with Gasteiger partial charge in [0.05, 0.1) is 38.6 Å². The van der Waals surface area contributed by atoms with E-state index in [1.54, 1.807) is 6.92 Å². The fraction of sp³-hybridized carbons (Fsp3) is 0.912. The van der Waals surface area contributed by atoms with E-state index in [2.05, 4.69) is 4.90 Å². The predicted octanol–water partition coefficient (Wildman–Crippen LogP) is -4.39. The van der Waals surface area contributed by atoms with E-state index in [0.29, 0.717) is 30.4 Å². The second-order valence-corrected chi connectivity index (χ2v) is 14.3. The number of hydrogen-bond acceptors (Lipinski definition) is 20. The first kappa shape index (κ1) is 45.7. The van der Waals surface area contributed by atoms with Gasteiger partial charge in [-0.2, -0.15) is 0 Å². The van der Waals surface area contributed by atoms with Gasteiger partial charge in [-0.25, -0.2) is 4.79 Å². The number of aliphatic hydroxyl groups is 9. The summed E-state index contributed by atoms with van der Waals surface area (Å²) in [5.41, 5.74) is 0. The largest absolute Gasteiger partial charge is 0.394 e. The fourth-order valence-electron chi connectivity index (χ4n) is 6.98. The van der Waals surface area contributed by atoms with Crippen molar-refractivity contribution < 1.29 is 93.6 Å². The minimum Gasteiger partial charge on any atom is -0.394 e. The Morgan fingerprint density at radius 1 is 0.782 bits per heavy atom. The molecule has 14 atom stereocenters. The summed E-state index contributed by atoms with van der Waals surface area (Å²) in [6.07, 6.45) is -16.7. The van der Waals surface area contributed by atoms with Crippen molar-refractivity contribution in [3.05, 3.63) is 0 Å². The molecule has 0 aromatic carbocycles. The summed E-state index contributed by atoms with van der Waals surface area (Å²) in [5, 5.41) is 92.4. The lowest BCUT2D eigenvalue weighted by molar-refractivity contribution is -0.349. The van der Waals surface area contributed by atoms with Crippen LogP contribution in [0.3, 0.4) is 0 Å². The number of carbonyl (C=O) groups is 3. The van der Waals surface area contributed by atoms with Crippen molar-refractivity contribution in [2.75, 3.05) is 46.1 Å². The minimum atomic E-state index is -1.75. The zero-order valence-electron chi connectivity index (χ0n) is 30.8. The number of ether oxygens (including phenoxy) is 6. The van der Waals surface area contributed by atoms with Gasteiger partial charge in [0.1, 0.15) is 54.9 Å². The molecule has 318 valence electrons. The van der Waals surface area contributed by atoms with Gasteiger partial charge in [-0.3, -0.25) is 9.59 Å². The first-order valence-electron chi connectivity index (χ1n) is 18.8. The molecule has 55 heavy (non-hydrogen) atoms. The number of likely N-dealkylation sites (tertiary alicyclic amines) is 1. The Hall–Kier alpha value is -2.03.